The molecule has 1 N–H and O–H groups in total. The molecule has 0 aliphatic carbocycles. The Morgan fingerprint density at radius 1 is 0.944 bits per heavy atom. The first-order chi connectivity index (χ1) is 8.53. The van der Waals surface area contributed by atoms with Crippen molar-refractivity contribution < 1.29 is 9.90 Å². The van der Waals surface area contributed by atoms with Crippen LogP contribution in [0.15, 0.2) is 54.6 Å². The zero-order valence-electron chi connectivity index (χ0n) is 10.6. The molecule has 0 aromatic heterocycles. The van der Waals surface area contributed by atoms with Gasteiger partial charge in [0.1, 0.15) is 0 Å². The first-order valence-electron chi connectivity index (χ1n) is 5.92. The van der Waals surface area contributed by atoms with E-state index in [0.29, 0.717) is 5.56 Å². The number of benzene rings is 2. The van der Waals surface area contributed by atoms with Crippen LogP contribution in [0.25, 0.3) is 0 Å². The van der Waals surface area contributed by atoms with Gasteiger partial charge in [-0.1, -0.05) is 62.4 Å². The van der Waals surface area contributed by atoms with Gasteiger partial charge < -0.3 is 5.11 Å². The molecular weight excluding hydrogens is 224 g/mol. The Balaban J connectivity index is 2.58. The summed E-state index contributed by atoms with van der Waals surface area (Å²) in [5.41, 5.74) is 1.99. The van der Waals surface area contributed by atoms with Crippen LogP contribution >= 0.6 is 0 Å². The van der Waals surface area contributed by atoms with Gasteiger partial charge in [-0.05, 0) is 17.2 Å². The summed E-state index contributed by atoms with van der Waals surface area (Å²) in [7, 11) is 0. The molecule has 2 heteroatoms. The fourth-order valence-electron chi connectivity index (χ4n) is 2.22. The number of rotatable bonds is 3. The molecule has 0 aliphatic heterocycles. The van der Waals surface area contributed by atoms with Gasteiger partial charge in [0.05, 0.1) is 5.56 Å². The highest BCUT2D eigenvalue weighted by Crippen LogP contribution is 2.33. The highest BCUT2D eigenvalue weighted by molar-refractivity contribution is 5.90. The van der Waals surface area contributed by atoms with Crippen molar-refractivity contribution in [2.45, 2.75) is 19.3 Å². The molecule has 2 aromatic carbocycles. The van der Waals surface area contributed by atoms with E-state index in [4.69, 9.17) is 0 Å². The Morgan fingerprint density at radius 2 is 1.50 bits per heavy atom. The molecule has 0 atom stereocenters. The first-order valence-corrected chi connectivity index (χ1v) is 5.92. The molecule has 0 amide bonds. The van der Waals surface area contributed by atoms with E-state index in [1.165, 1.54) is 0 Å². The lowest BCUT2D eigenvalue weighted by molar-refractivity contribution is 0.0694. The molecule has 0 saturated carbocycles. The topological polar surface area (TPSA) is 37.3 Å². The summed E-state index contributed by atoms with van der Waals surface area (Å²) in [6.45, 7) is 4.09. The van der Waals surface area contributed by atoms with Gasteiger partial charge in [0.25, 0.3) is 0 Å². The van der Waals surface area contributed by atoms with Crippen molar-refractivity contribution in [1.82, 2.24) is 0 Å². The molecule has 2 aromatic rings. The van der Waals surface area contributed by atoms with Crippen LogP contribution in [0.4, 0.5) is 0 Å². The van der Waals surface area contributed by atoms with Gasteiger partial charge in [0.2, 0.25) is 0 Å². The number of carboxylic acid groups (broad SMARTS) is 1. The minimum absolute atomic E-state index is 0.323. The maximum Gasteiger partial charge on any atom is 0.335 e. The summed E-state index contributed by atoms with van der Waals surface area (Å²) in [5.74, 6) is -0.880. The van der Waals surface area contributed by atoms with Crippen molar-refractivity contribution >= 4 is 5.97 Å². The molecule has 2 nitrogen and oxygen atoms in total. The monoisotopic (exact) mass is 240 g/mol. The van der Waals surface area contributed by atoms with E-state index in [9.17, 15) is 9.90 Å². The first kappa shape index (κ1) is 12.4. The maximum absolute atomic E-state index is 11.3. The quantitative estimate of drug-likeness (QED) is 0.888. The van der Waals surface area contributed by atoms with Gasteiger partial charge in [-0.2, -0.15) is 0 Å². The van der Waals surface area contributed by atoms with Crippen molar-refractivity contribution in [3.63, 3.8) is 0 Å². The number of carboxylic acids is 1. The molecule has 18 heavy (non-hydrogen) atoms. The second-order valence-corrected chi connectivity index (χ2v) is 4.84. The second-order valence-electron chi connectivity index (χ2n) is 4.84. The number of aromatic carboxylic acids is 1. The highest BCUT2D eigenvalue weighted by Gasteiger charge is 2.27. The van der Waals surface area contributed by atoms with Gasteiger partial charge in [-0.15, -0.1) is 0 Å². The van der Waals surface area contributed by atoms with E-state index >= 15 is 0 Å². The molecule has 0 spiro atoms. The van der Waals surface area contributed by atoms with Gasteiger partial charge in [-0.3, -0.25) is 0 Å². The maximum atomic E-state index is 11.3. The summed E-state index contributed by atoms with van der Waals surface area (Å²) in [6.07, 6.45) is 0. The fraction of sp³-hybridized carbons (Fsp3) is 0.188. The predicted octanol–water partition coefficient (Wildman–Crippen LogP) is 3.71. The highest BCUT2D eigenvalue weighted by atomic mass is 16.4. The lowest BCUT2D eigenvalue weighted by Crippen LogP contribution is -2.22. The standard InChI is InChI=1S/C16H16O2/c1-16(2,12-8-4-3-5-9-12)14-11-7-6-10-13(14)15(17)18/h3-11H,1-2H3,(H,17,18). The average molecular weight is 240 g/mol. The Kier molecular flexibility index (Phi) is 3.19. The van der Waals surface area contributed by atoms with E-state index in [-0.39, 0.29) is 5.41 Å². The molecule has 0 heterocycles. The summed E-state index contributed by atoms with van der Waals surface area (Å²) in [6, 6.07) is 17.1. The molecule has 2 rings (SSSR count). The van der Waals surface area contributed by atoms with Crippen LogP contribution in [0.5, 0.6) is 0 Å². The molecular formula is C16H16O2. The summed E-state index contributed by atoms with van der Waals surface area (Å²) in [5, 5.41) is 9.28. The lowest BCUT2D eigenvalue weighted by Gasteiger charge is -2.27. The Labute approximate surface area is 107 Å². The van der Waals surface area contributed by atoms with E-state index in [0.717, 1.165) is 11.1 Å². The molecule has 0 unspecified atom stereocenters. The molecule has 0 radical (unpaired) electrons. The van der Waals surface area contributed by atoms with Crippen LogP contribution in [-0.2, 0) is 5.41 Å². The molecule has 0 aliphatic rings. The van der Waals surface area contributed by atoms with E-state index in [1.807, 2.05) is 56.3 Å². The predicted molar refractivity (Wildman–Crippen MR) is 72.0 cm³/mol. The molecule has 0 bridgehead atoms. The lowest BCUT2D eigenvalue weighted by atomic mass is 9.76. The third kappa shape index (κ3) is 2.14. The zero-order valence-corrected chi connectivity index (χ0v) is 10.6. The van der Waals surface area contributed by atoms with Crippen molar-refractivity contribution in [3.8, 4) is 0 Å². The Morgan fingerprint density at radius 3 is 2.11 bits per heavy atom. The Bertz CT molecular complexity index is 556. The number of carbonyl (C=O) groups is 1. The second kappa shape index (κ2) is 4.65. The summed E-state index contributed by atoms with van der Waals surface area (Å²) >= 11 is 0. The SMILES string of the molecule is CC(C)(c1ccccc1)c1ccccc1C(=O)O. The third-order valence-electron chi connectivity index (χ3n) is 3.33. The van der Waals surface area contributed by atoms with Gasteiger partial charge in [-0.25, -0.2) is 4.79 Å². The van der Waals surface area contributed by atoms with Gasteiger partial charge >= 0.3 is 5.97 Å². The van der Waals surface area contributed by atoms with E-state index in [2.05, 4.69) is 0 Å². The van der Waals surface area contributed by atoms with Crippen LogP contribution in [0, 0.1) is 0 Å². The minimum Gasteiger partial charge on any atom is -0.478 e. The van der Waals surface area contributed by atoms with Crippen molar-refractivity contribution in [2.75, 3.05) is 0 Å². The van der Waals surface area contributed by atoms with E-state index in [1.54, 1.807) is 12.1 Å². The van der Waals surface area contributed by atoms with E-state index < -0.39 is 5.97 Å². The smallest absolute Gasteiger partial charge is 0.335 e. The minimum atomic E-state index is -0.880. The van der Waals surface area contributed by atoms with Crippen LogP contribution in [0.1, 0.15) is 35.3 Å². The number of hydrogen-bond acceptors (Lipinski definition) is 1. The summed E-state index contributed by atoms with van der Waals surface area (Å²) < 4.78 is 0. The molecule has 0 fully saturated rings. The zero-order chi connectivity index (χ0) is 13.2. The van der Waals surface area contributed by atoms with Crippen molar-refractivity contribution in [2.24, 2.45) is 0 Å². The van der Waals surface area contributed by atoms with Crippen LogP contribution < -0.4 is 0 Å². The largest absolute Gasteiger partial charge is 0.478 e. The van der Waals surface area contributed by atoms with Crippen LogP contribution in [0.3, 0.4) is 0 Å². The summed E-state index contributed by atoms with van der Waals surface area (Å²) in [4.78, 5) is 11.3. The Hall–Kier alpha value is -2.09. The number of hydrogen-bond donors (Lipinski definition) is 1. The fourth-order valence-corrected chi connectivity index (χ4v) is 2.22. The molecule has 0 saturated heterocycles. The third-order valence-corrected chi connectivity index (χ3v) is 3.33. The van der Waals surface area contributed by atoms with Gasteiger partial charge in [0, 0.05) is 5.41 Å². The van der Waals surface area contributed by atoms with Crippen molar-refractivity contribution in [3.05, 3.63) is 71.3 Å². The normalized spacial score (nSPS) is 11.2. The van der Waals surface area contributed by atoms with Crippen molar-refractivity contribution in [1.29, 1.82) is 0 Å². The van der Waals surface area contributed by atoms with Crippen LogP contribution in [0.2, 0.25) is 0 Å². The molecule has 92 valence electrons. The average Bonchev–Trinajstić information content (AvgIpc) is 2.39. The van der Waals surface area contributed by atoms with Gasteiger partial charge in [0.15, 0.2) is 0 Å². The van der Waals surface area contributed by atoms with Crippen LogP contribution in [-0.4, -0.2) is 11.1 Å².